The fourth-order valence-corrected chi connectivity index (χ4v) is 5.04. The zero-order valence-electron chi connectivity index (χ0n) is 11.3. The van der Waals surface area contributed by atoms with Crippen LogP contribution in [0.5, 0.6) is 5.75 Å². The zero-order chi connectivity index (χ0) is 12.9. The van der Waals surface area contributed by atoms with Gasteiger partial charge in [0.05, 0.1) is 7.11 Å². The Morgan fingerprint density at radius 2 is 1.76 bits per heavy atom. The fraction of sp³-hybridized carbons (Fsp3) is 0.571. The molecule has 0 saturated heterocycles. The first kappa shape index (κ1) is 14.8. The monoisotopic (exact) mass is 314 g/mol. The van der Waals surface area contributed by atoms with Crippen LogP contribution in [0.15, 0.2) is 24.3 Å². The minimum Gasteiger partial charge on any atom is -0.497 e. The zero-order valence-corrected chi connectivity index (χ0v) is 13.9. The van der Waals surface area contributed by atoms with Crippen LogP contribution in [0.4, 0.5) is 0 Å². The SMILES string of the molecule is COc1ccc(CC(CBr)C[Si](C)(C)C)cc1. The number of alkyl halides is 1. The average molecular weight is 315 g/mol. The number of methoxy groups -OCH3 is 1. The smallest absolute Gasteiger partial charge is 0.118 e. The standard InChI is InChI=1S/C14H23BrOSi/c1-16-14-7-5-12(6-8-14)9-13(10-15)11-17(2,3)4/h5-8,13H,9-11H2,1-4H3. The third-order valence-corrected chi connectivity index (χ3v) is 5.52. The molecular weight excluding hydrogens is 292 g/mol. The average Bonchev–Trinajstić information content (AvgIpc) is 2.27. The molecule has 0 fully saturated rings. The third kappa shape index (κ3) is 5.73. The molecule has 1 unspecified atom stereocenters. The first-order chi connectivity index (χ1) is 7.94. The molecule has 0 N–H and O–H groups in total. The van der Waals surface area contributed by atoms with E-state index in [1.165, 1.54) is 18.0 Å². The van der Waals surface area contributed by atoms with Gasteiger partial charge in [0.25, 0.3) is 0 Å². The molecule has 96 valence electrons. The minimum absolute atomic E-state index is 0.759. The quantitative estimate of drug-likeness (QED) is 0.551. The summed E-state index contributed by atoms with van der Waals surface area (Å²) in [6.45, 7) is 7.32. The first-order valence-electron chi connectivity index (χ1n) is 6.13. The fourth-order valence-electron chi connectivity index (χ4n) is 2.14. The van der Waals surface area contributed by atoms with Crippen LogP contribution in [0.25, 0.3) is 0 Å². The van der Waals surface area contributed by atoms with E-state index in [4.69, 9.17) is 4.74 Å². The van der Waals surface area contributed by atoms with Crippen molar-refractivity contribution in [2.24, 2.45) is 5.92 Å². The van der Waals surface area contributed by atoms with Gasteiger partial charge in [-0.25, -0.2) is 0 Å². The Bertz CT molecular complexity index is 329. The predicted octanol–water partition coefficient (Wildman–Crippen LogP) is 4.59. The highest BCUT2D eigenvalue weighted by Gasteiger charge is 2.19. The molecule has 0 radical (unpaired) electrons. The summed E-state index contributed by atoms with van der Waals surface area (Å²) in [5.74, 6) is 1.70. The molecule has 3 heteroatoms. The third-order valence-electron chi connectivity index (χ3n) is 2.80. The molecule has 0 aromatic heterocycles. The topological polar surface area (TPSA) is 9.23 Å². The molecule has 1 rings (SSSR count). The van der Waals surface area contributed by atoms with Gasteiger partial charge in [0, 0.05) is 13.4 Å². The van der Waals surface area contributed by atoms with Crippen LogP contribution in [0.3, 0.4) is 0 Å². The Kier molecular flexibility index (Phi) is 5.73. The van der Waals surface area contributed by atoms with Crippen molar-refractivity contribution in [3.8, 4) is 5.75 Å². The highest BCUT2D eigenvalue weighted by Crippen LogP contribution is 2.23. The van der Waals surface area contributed by atoms with E-state index in [0.29, 0.717) is 0 Å². The maximum Gasteiger partial charge on any atom is 0.118 e. The lowest BCUT2D eigenvalue weighted by atomic mass is 10.0. The number of rotatable bonds is 6. The van der Waals surface area contributed by atoms with Crippen LogP contribution in [0.1, 0.15) is 5.56 Å². The Hall–Kier alpha value is -0.283. The van der Waals surface area contributed by atoms with E-state index >= 15 is 0 Å². The molecule has 0 aliphatic rings. The normalized spacial score (nSPS) is 13.5. The van der Waals surface area contributed by atoms with Crippen molar-refractivity contribution in [2.75, 3.05) is 12.4 Å². The maximum absolute atomic E-state index is 5.18. The van der Waals surface area contributed by atoms with Gasteiger partial charge >= 0.3 is 0 Å². The summed E-state index contributed by atoms with van der Waals surface area (Å²) in [6.07, 6.45) is 1.17. The van der Waals surface area contributed by atoms with E-state index in [1.807, 2.05) is 0 Å². The molecule has 0 aliphatic carbocycles. The van der Waals surface area contributed by atoms with Crippen LogP contribution < -0.4 is 4.74 Å². The number of hydrogen-bond donors (Lipinski definition) is 0. The van der Waals surface area contributed by atoms with E-state index < -0.39 is 8.07 Å². The lowest BCUT2D eigenvalue weighted by Crippen LogP contribution is -2.25. The molecule has 0 saturated carbocycles. The second-order valence-corrected chi connectivity index (χ2v) is 12.0. The lowest BCUT2D eigenvalue weighted by Gasteiger charge is -2.23. The predicted molar refractivity (Wildman–Crippen MR) is 82.1 cm³/mol. The summed E-state index contributed by atoms with van der Waals surface area (Å²) in [6, 6.07) is 9.84. The molecule has 1 atom stereocenters. The van der Waals surface area contributed by atoms with Gasteiger partial charge in [0.2, 0.25) is 0 Å². The number of hydrogen-bond acceptors (Lipinski definition) is 1. The first-order valence-corrected chi connectivity index (χ1v) is 11.0. The summed E-state index contributed by atoms with van der Waals surface area (Å²) in [7, 11) is 0.742. The number of halogens is 1. The van der Waals surface area contributed by atoms with E-state index in [-0.39, 0.29) is 0 Å². The highest BCUT2D eigenvalue weighted by atomic mass is 79.9. The molecule has 0 aliphatic heterocycles. The van der Waals surface area contributed by atoms with Crippen molar-refractivity contribution >= 4 is 24.0 Å². The van der Waals surface area contributed by atoms with Crippen LogP contribution >= 0.6 is 15.9 Å². The molecule has 1 aromatic carbocycles. The van der Waals surface area contributed by atoms with E-state index in [2.05, 4.69) is 59.8 Å². The second-order valence-electron chi connectivity index (χ2n) is 5.84. The van der Waals surface area contributed by atoms with Gasteiger partial charge < -0.3 is 4.74 Å². The van der Waals surface area contributed by atoms with E-state index in [9.17, 15) is 0 Å². The molecule has 0 heterocycles. The van der Waals surface area contributed by atoms with Crippen LogP contribution in [-0.4, -0.2) is 20.5 Å². The molecule has 17 heavy (non-hydrogen) atoms. The van der Waals surface area contributed by atoms with Gasteiger partial charge in [-0.05, 0) is 30.0 Å². The van der Waals surface area contributed by atoms with Crippen molar-refractivity contribution < 1.29 is 4.74 Å². The van der Waals surface area contributed by atoms with Gasteiger partial charge in [-0.2, -0.15) is 0 Å². The summed E-state index contributed by atoms with van der Waals surface area (Å²) < 4.78 is 5.18. The molecule has 0 amide bonds. The number of benzene rings is 1. The van der Waals surface area contributed by atoms with E-state index in [0.717, 1.165) is 17.0 Å². The molecule has 1 aromatic rings. The Morgan fingerprint density at radius 1 is 1.18 bits per heavy atom. The van der Waals surface area contributed by atoms with Gasteiger partial charge in [0.1, 0.15) is 5.75 Å². The molecule has 0 bridgehead atoms. The van der Waals surface area contributed by atoms with Crippen molar-refractivity contribution in [3.63, 3.8) is 0 Å². The largest absolute Gasteiger partial charge is 0.497 e. The Labute approximate surface area is 115 Å². The summed E-state index contributed by atoms with van der Waals surface area (Å²) in [5, 5.41) is 1.10. The van der Waals surface area contributed by atoms with Crippen molar-refractivity contribution in [1.29, 1.82) is 0 Å². The van der Waals surface area contributed by atoms with Crippen LogP contribution in [0, 0.1) is 5.92 Å². The molecular formula is C14H23BrOSi. The van der Waals surface area contributed by atoms with Crippen molar-refractivity contribution in [2.45, 2.75) is 32.1 Å². The van der Waals surface area contributed by atoms with Crippen molar-refractivity contribution in [1.82, 2.24) is 0 Å². The lowest BCUT2D eigenvalue weighted by molar-refractivity contribution is 0.414. The summed E-state index contributed by atoms with van der Waals surface area (Å²) in [5.41, 5.74) is 1.41. The minimum atomic E-state index is -0.968. The van der Waals surface area contributed by atoms with Gasteiger partial charge in [0.15, 0.2) is 0 Å². The molecule has 0 spiro atoms. The highest BCUT2D eigenvalue weighted by molar-refractivity contribution is 9.09. The Balaban J connectivity index is 2.61. The van der Waals surface area contributed by atoms with E-state index in [1.54, 1.807) is 7.11 Å². The molecule has 1 nitrogen and oxygen atoms in total. The second kappa shape index (κ2) is 6.60. The van der Waals surface area contributed by atoms with Gasteiger partial charge in [-0.3, -0.25) is 0 Å². The summed E-state index contributed by atoms with van der Waals surface area (Å²) in [4.78, 5) is 0. The van der Waals surface area contributed by atoms with Crippen molar-refractivity contribution in [3.05, 3.63) is 29.8 Å². The van der Waals surface area contributed by atoms with Gasteiger partial charge in [-0.15, -0.1) is 0 Å². The van der Waals surface area contributed by atoms with Crippen LogP contribution in [-0.2, 0) is 6.42 Å². The Morgan fingerprint density at radius 3 is 2.18 bits per heavy atom. The summed E-state index contributed by atoms with van der Waals surface area (Å²) >= 11 is 3.65. The van der Waals surface area contributed by atoms with Gasteiger partial charge in [-0.1, -0.05) is 53.7 Å². The number of ether oxygens (including phenoxy) is 1. The van der Waals surface area contributed by atoms with Crippen LogP contribution in [0.2, 0.25) is 25.7 Å². The maximum atomic E-state index is 5.18.